The molecule has 0 radical (unpaired) electrons. The summed E-state index contributed by atoms with van der Waals surface area (Å²) in [5.74, 6) is -1.59. The van der Waals surface area contributed by atoms with E-state index in [0.717, 1.165) is 6.20 Å². The van der Waals surface area contributed by atoms with Crippen molar-refractivity contribution in [3.8, 4) is 6.07 Å². The lowest BCUT2D eigenvalue weighted by Gasteiger charge is -2.02. The number of halogens is 1. The van der Waals surface area contributed by atoms with E-state index in [1.165, 1.54) is 6.20 Å². The molecule has 0 unspecified atom stereocenters. The second-order valence-electron chi connectivity index (χ2n) is 3.25. The molecule has 0 aliphatic rings. The van der Waals surface area contributed by atoms with E-state index in [-0.39, 0.29) is 5.57 Å². The van der Waals surface area contributed by atoms with Gasteiger partial charge in [-0.15, -0.1) is 0 Å². The number of aliphatic carboxylic acids is 1. The van der Waals surface area contributed by atoms with Gasteiger partial charge in [-0.2, -0.15) is 5.26 Å². The number of hydrogen-bond acceptors (Lipinski definition) is 5. The lowest BCUT2D eigenvalue weighted by Crippen LogP contribution is -2.30. The van der Waals surface area contributed by atoms with Crippen LogP contribution in [0.3, 0.4) is 0 Å². The number of anilines is 1. The van der Waals surface area contributed by atoms with Gasteiger partial charge in [-0.3, -0.25) is 9.59 Å². The summed E-state index contributed by atoms with van der Waals surface area (Å²) in [6.07, 6.45) is 2.53. The maximum Gasteiger partial charge on any atom is 0.322 e. The topological polar surface area (TPSA) is 115 Å². The number of hydrogen-bond donors (Lipinski definition) is 3. The van der Waals surface area contributed by atoms with Gasteiger partial charge in [0.15, 0.2) is 0 Å². The molecule has 3 N–H and O–H groups in total. The average molecular weight is 281 g/mol. The van der Waals surface area contributed by atoms with Gasteiger partial charge in [-0.25, -0.2) is 4.98 Å². The molecule has 0 aliphatic heterocycles. The number of carbonyl (C=O) groups is 2. The van der Waals surface area contributed by atoms with Gasteiger partial charge < -0.3 is 15.7 Å². The normalized spacial score (nSPS) is 10.4. The van der Waals surface area contributed by atoms with Gasteiger partial charge in [0, 0.05) is 12.4 Å². The van der Waals surface area contributed by atoms with Gasteiger partial charge >= 0.3 is 5.97 Å². The van der Waals surface area contributed by atoms with Crippen molar-refractivity contribution in [2.45, 2.75) is 0 Å². The zero-order chi connectivity index (χ0) is 14.3. The SMILES string of the molecule is N#C/C(=C/Nc1ccc(Cl)cn1)C(=O)NCC(=O)O. The summed E-state index contributed by atoms with van der Waals surface area (Å²) in [4.78, 5) is 25.6. The molecule has 1 heterocycles. The third kappa shape index (κ3) is 5.06. The molecule has 1 aromatic heterocycles. The van der Waals surface area contributed by atoms with Gasteiger partial charge in [0.1, 0.15) is 24.0 Å². The lowest BCUT2D eigenvalue weighted by atomic mass is 10.3. The number of pyridine rings is 1. The fourth-order valence-electron chi connectivity index (χ4n) is 1.01. The Hall–Kier alpha value is -2.59. The molecule has 7 nitrogen and oxygen atoms in total. The van der Waals surface area contributed by atoms with E-state index < -0.39 is 18.4 Å². The number of nitriles is 1. The maximum atomic E-state index is 11.4. The van der Waals surface area contributed by atoms with Crippen LogP contribution in [-0.4, -0.2) is 28.5 Å². The molecule has 1 aromatic rings. The van der Waals surface area contributed by atoms with Crippen LogP contribution in [0.5, 0.6) is 0 Å². The van der Waals surface area contributed by atoms with Gasteiger partial charge in [-0.05, 0) is 12.1 Å². The molecule has 0 bridgehead atoms. The maximum absolute atomic E-state index is 11.4. The molecule has 0 fully saturated rings. The van der Waals surface area contributed by atoms with Crippen molar-refractivity contribution < 1.29 is 14.7 Å². The van der Waals surface area contributed by atoms with Crippen LogP contribution in [0.1, 0.15) is 0 Å². The monoisotopic (exact) mass is 280 g/mol. The minimum atomic E-state index is -1.20. The first-order valence-corrected chi connectivity index (χ1v) is 5.39. The van der Waals surface area contributed by atoms with Crippen molar-refractivity contribution in [3.63, 3.8) is 0 Å². The minimum Gasteiger partial charge on any atom is -0.480 e. The van der Waals surface area contributed by atoms with Crippen molar-refractivity contribution in [1.29, 1.82) is 5.26 Å². The minimum absolute atomic E-state index is 0.266. The van der Waals surface area contributed by atoms with E-state index in [1.807, 2.05) is 0 Å². The van der Waals surface area contributed by atoms with E-state index >= 15 is 0 Å². The van der Waals surface area contributed by atoms with Crippen LogP contribution in [0.25, 0.3) is 0 Å². The Bertz CT molecular complexity index is 548. The predicted molar refractivity (Wildman–Crippen MR) is 67.2 cm³/mol. The Morgan fingerprint density at radius 1 is 1.53 bits per heavy atom. The Kier molecular flexibility index (Phi) is 5.32. The summed E-state index contributed by atoms with van der Waals surface area (Å²) in [7, 11) is 0. The van der Waals surface area contributed by atoms with Crippen LogP contribution < -0.4 is 10.6 Å². The van der Waals surface area contributed by atoms with E-state index in [0.29, 0.717) is 10.8 Å². The van der Waals surface area contributed by atoms with Crippen LogP contribution >= 0.6 is 11.6 Å². The van der Waals surface area contributed by atoms with E-state index in [4.69, 9.17) is 22.0 Å². The lowest BCUT2D eigenvalue weighted by molar-refractivity contribution is -0.137. The molecule has 1 rings (SSSR count). The van der Waals surface area contributed by atoms with Gasteiger partial charge in [0.05, 0.1) is 5.02 Å². The number of nitrogens with one attached hydrogen (secondary N) is 2. The molecule has 1 amide bonds. The smallest absolute Gasteiger partial charge is 0.322 e. The van der Waals surface area contributed by atoms with Crippen molar-refractivity contribution in [1.82, 2.24) is 10.3 Å². The highest BCUT2D eigenvalue weighted by Crippen LogP contribution is 2.09. The van der Waals surface area contributed by atoms with Gasteiger partial charge in [-0.1, -0.05) is 11.6 Å². The number of carbonyl (C=O) groups excluding carboxylic acids is 1. The first-order chi connectivity index (χ1) is 9.02. The predicted octanol–water partition coefficient (Wildman–Crippen LogP) is 0.755. The van der Waals surface area contributed by atoms with Gasteiger partial charge in [0.25, 0.3) is 5.91 Å². The molecule has 0 saturated heterocycles. The third-order valence-electron chi connectivity index (χ3n) is 1.86. The number of carboxylic acids is 1. The van der Waals surface area contributed by atoms with E-state index in [2.05, 4.69) is 15.6 Å². The number of carboxylic acid groups (broad SMARTS) is 1. The molecule has 0 atom stereocenters. The zero-order valence-electron chi connectivity index (χ0n) is 9.55. The highest BCUT2D eigenvalue weighted by atomic mass is 35.5. The van der Waals surface area contributed by atoms with E-state index in [9.17, 15) is 9.59 Å². The molecule has 0 aliphatic carbocycles. The first kappa shape index (κ1) is 14.5. The third-order valence-corrected chi connectivity index (χ3v) is 2.08. The summed E-state index contributed by atoms with van der Waals surface area (Å²) in [5.41, 5.74) is -0.266. The van der Waals surface area contributed by atoms with Crippen LogP contribution in [0, 0.1) is 11.3 Å². The van der Waals surface area contributed by atoms with Crippen molar-refractivity contribution in [3.05, 3.63) is 35.1 Å². The van der Waals surface area contributed by atoms with Crippen molar-refractivity contribution >= 4 is 29.3 Å². The van der Waals surface area contributed by atoms with Crippen LogP contribution in [0.4, 0.5) is 5.82 Å². The summed E-state index contributed by atoms with van der Waals surface area (Å²) < 4.78 is 0. The second-order valence-corrected chi connectivity index (χ2v) is 3.69. The molecule has 8 heteroatoms. The second kappa shape index (κ2) is 6.98. The Balaban J connectivity index is 2.66. The Morgan fingerprint density at radius 2 is 2.26 bits per heavy atom. The van der Waals surface area contributed by atoms with Crippen LogP contribution in [0.2, 0.25) is 5.02 Å². The number of nitrogens with zero attached hydrogens (tertiary/aromatic N) is 2. The van der Waals surface area contributed by atoms with Crippen molar-refractivity contribution in [2.75, 3.05) is 11.9 Å². The van der Waals surface area contributed by atoms with E-state index in [1.54, 1.807) is 18.2 Å². The molecule has 98 valence electrons. The Labute approximate surface area is 113 Å². The fraction of sp³-hybridized carbons (Fsp3) is 0.0909. The molecule has 19 heavy (non-hydrogen) atoms. The summed E-state index contributed by atoms with van der Waals surface area (Å²) in [6.45, 7) is -0.558. The highest BCUT2D eigenvalue weighted by molar-refractivity contribution is 6.30. The Morgan fingerprint density at radius 3 is 2.79 bits per heavy atom. The van der Waals surface area contributed by atoms with Crippen LogP contribution in [0.15, 0.2) is 30.1 Å². The zero-order valence-corrected chi connectivity index (χ0v) is 10.3. The molecular formula is C11H9ClN4O3. The summed E-state index contributed by atoms with van der Waals surface area (Å²) in [5, 5.41) is 22.3. The van der Waals surface area contributed by atoms with Crippen molar-refractivity contribution in [2.24, 2.45) is 0 Å². The molecule has 0 spiro atoms. The van der Waals surface area contributed by atoms with Gasteiger partial charge in [0.2, 0.25) is 0 Å². The molecule has 0 aromatic carbocycles. The number of aromatic nitrogens is 1. The number of rotatable bonds is 5. The van der Waals surface area contributed by atoms with Crippen LogP contribution in [-0.2, 0) is 9.59 Å². The largest absolute Gasteiger partial charge is 0.480 e. The fourth-order valence-corrected chi connectivity index (χ4v) is 1.12. The summed E-state index contributed by atoms with van der Waals surface area (Å²) in [6, 6.07) is 4.79. The quantitative estimate of drug-likeness (QED) is 0.542. The summed E-state index contributed by atoms with van der Waals surface area (Å²) >= 11 is 5.65. The first-order valence-electron chi connectivity index (χ1n) is 5.01. The molecule has 0 saturated carbocycles. The number of amides is 1. The highest BCUT2D eigenvalue weighted by Gasteiger charge is 2.09. The standard InChI is InChI=1S/C11H9ClN4O3/c12-8-1-2-9(15-5-8)14-4-7(3-13)11(19)16-6-10(17)18/h1-2,4-5H,6H2,(H,14,15)(H,16,19)(H,17,18)/b7-4-. The average Bonchev–Trinajstić information content (AvgIpc) is 2.39. The molecular weight excluding hydrogens is 272 g/mol.